The zero-order chi connectivity index (χ0) is 7.40. The van der Waals surface area contributed by atoms with Gasteiger partial charge in [-0.2, -0.15) is 0 Å². The van der Waals surface area contributed by atoms with Crippen molar-refractivity contribution < 1.29 is 9.53 Å². The molecule has 1 unspecified atom stereocenters. The van der Waals surface area contributed by atoms with Crippen LogP contribution in [0.4, 0.5) is 0 Å². The molecule has 0 saturated carbocycles. The number of carbonyl (C=O) groups excluding carboxylic acids is 1. The third-order valence-electron chi connectivity index (χ3n) is 1.17. The van der Waals surface area contributed by atoms with Gasteiger partial charge in [0.05, 0.1) is 0 Å². The second kappa shape index (κ2) is 3.27. The smallest absolute Gasteiger partial charge is 0.191 e. The number of rotatable bonds is 2. The predicted molar refractivity (Wildman–Crippen MR) is 38.1 cm³/mol. The number of ether oxygens (including phenoxy) is 1. The molecule has 1 atom stereocenters. The molecule has 0 aromatic carbocycles. The van der Waals surface area contributed by atoms with Crippen LogP contribution < -0.4 is 0 Å². The Hall–Kier alpha value is -0.960. The Morgan fingerprint density at radius 3 is 3.20 bits per heavy atom. The minimum Gasteiger partial charge on any atom is -0.365 e. The Balaban J connectivity index is 2.53. The molecule has 0 bridgehead atoms. The van der Waals surface area contributed by atoms with Crippen molar-refractivity contribution in [3.05, 3.63) is 12.3 Å². The molecule has 0 aliphatic carbocycles. The summed E-state index contributed by atoms with van der Waals surface area (Å²) in [5.41, 5.74) is 0. The molecule has 1 aliphatic heterocycles. The Morgan fingerprint density at radius 2 is 2.60 bits per heavy atom. The number of nitrogens with zero attached hydrogens (tertiary/aromatic N) is 1. The molecule has 0 N–H and O–H groups in total. The summed E-state index contributed by atoms with van der Waals surface area (Å²) >= 11 is 0. The van der Waals surface area contributed by atoms with E-state index in [1.54, 1.807) is 0 Å². The second-order valence-corrected chi connectivity index (χ2v) is 1.89. The van der Waals surface area contributed by atoms with Crippen LogP contribution in [0.15, 0.2) is 17.3 Å². The summed E-state index contributed by atoms with van der Waals surface area (Å²) < 4.78 is 5.04. The van der Waals surface area contributed by atoms with Crippen LogP contribution in [0.5, 0.6) is 0 Å². The van der Waals surface area contributed by atoms with Crippen LogP contribution in [0, 0.1) is 0 Å². The van der Waals surface area contributed by atoms with Crippen molar-refractivity contribution in [2.75, 3.05) is 6.61 Å². The first-order chi connectivity index (χ1) is 4.84. The fourth-order valence-electron chi connectivity index (χ4n) is 0.717. The van der Waals surface area contributed by atoms with Gasteiger partial charge in [-0.3, -0.25) is 9.79 Å². The summed E-state index contributed by atoms with van der Waals surface area (Å²) in [5, 5.41) is 0. The van der Waals surface area contributed by atoms with Gasteiger partial charge in [0, 0.05) is 25.1 Å². The number of hydrogen-bond acceptors (Lipinski definition) is 3. The molecule has 0 aromatic rings. The van der Waals surface area contributed by atoms with Crippen molar-refractivity contribution in [1.29, 1.82) is 0 Å². The summed E-state index contributed by atoms with van der Waals surface area (Å²) in [6.07, 6.45) is 3.94. The largest absolute Gasteiger partial charge is 0.365 e. The van der Waals surface area contributed by atoms with E-state index in [0.29, 0.717) is 6.61 Å². The molecule has 0 amide bonds. The maximum atomic E-state index is 10.9. The SMILES string of the molecule is CCOC1C=NC=CC1=O. The zero-order valence-electron chi connectivity index (χ0n) is 5.78. The number of aliphatic imine (C=N–C) groups is 1. The lowest BCUT2D eigenvalue weighted by Crippen LogP contribution is -2.25. The molecular weight excluding hydrogens is 130 g/mol. The average molecular weight is 139 g/mol. The predicted octanol–water partition coefficient (Wildman–Crippen LogP) is 0.559. The van der Waals surface area contributed by atoms with E-state index in [1.165, 1.54) is 18.5 Å². The van der Waals surface area contributed by atoms with E-state index in [1.807, 2.05) is 6.92 Å². The van der Waals surface area contributed by atoms with E-state index < -0.39 is 6.10 Å². The Bertz CT molecular complexity index is 184. The standard InChI is InChI=1S/C7H9NO2/c1-2-10-7-5-8-4-3-6(7)9/h3-5,7H,2H2,1H3. The van der Waals surface area contributed by atoms with Gasteiger partial charge in [0.2, 0.25) is 0 Å². The van der Waals surface area contributed by atoms with Crippen LogP contribution in [0.1, 0.15) is 6.92 Å². The van der Waals surface area contributed by atoms with E-state index in [9.17, 15) is 4.79 Å². The number of hydrogen-bond donors (Lipinski definition) is 0. The normalized spacial score (nSPS) is 23.7. The fourth-order valence-corrected chi connectivity index (χ4v) is 0.717. The second-order valence-electron chi connectivity index (χ2n) is 1.89. The van der Waals surface area contributed by atoms with Crippen LogP contribution in [-0.4, -0.2) is 24.7 Å². The first kappa shape index (κ1) is 7.15. The monoisotopic (exact) mass is 139 g/mol. The molecular formula is C7H9NO2. The van der Waals surface area contributed by atoms with Gasteiger partial charge < -0.3 is 4.74 Å². The summed E-state index contributed by atoms with van der Waals surface area (Å²) in [7, 11) is 0. The number of carbonyl (C=O) groups is 1. The van der Waals surface area contributed by atoms with Gasteiger partial charge in [0.1, 0.15) is 0 Å². The third kappa shape index (κ3) is 1.51. The van der Waals surface area contributed by atoms with Gasteiger partial charge in [0.15, 0.2) is 11.9 Å². The summed E-state index contributed by atoms with van der Waals surface area (Å²) in [5.74, 6) is -0.0307. The molecule has 54 valence electrons. The van der Waals surface area contributed by atoms with Gasteiger partial charge in [-0.05, 0) is 6.92 Å². The van der Waals surface area contributed by atoms with E-state index in [2.05, 4.69) is 4.99 Å². The van der Waals surface area contributed by atoms with Gasteiger partial charge in [0.25, 0.3) is 0 Å². The molecule has 0 fully saturated rings. The highest BCUT2D eigenvalue weighted by atomic mass is 16.5. The molecule has 0 saturated heterocycles. The van der Waals surface area contributed by atoms with Crippen LogP contribution in [0.3, 0.4) is 0 Å². The fraction of sp³-hybridized carbons (Fsp3) is 0.429. The van der Waals surface area contributed by atoms with Gasteiger partial charge >= 0.3 is 0 Å². The molecule has 0 aromatic heterocycles. The first-order valence-electron chi connectivity index (χ1n) is 3.20. The maximum Gasteiger partial charge on any atom is 0.191 e. The molecule has 0 radical (unpaired) electrons. The molecule has 3 nitrogen and oxygen atoms in total. The third-order valence-corrected chi connectivity index (χ3v) is 1.17. The van der Waals surface area contributed by atoms with Crippen LogP contribution in [0.2, 0.25) is 0 Å². The van der Waals surface area contributed by atoms with Crippen LogP contribution in [-0.2, 0) is 9.53 Å². The minimum absolute atomic E-state index is 0.0307. The highest BCUT2D eigenvalue weighted by molar-refractivity contribution is 6.06. The number of ketones is 1. The zero-order valence-corrected chi connectivity index (χ0v) is 5.78. The van der Waals surface area contributed by atoms with Crippen molar-refractivity contribution in [2.24, 2.45) is 4.99 Å². The minimum atomic E-state index is -0.449. The first-order valence-corrected chi connectivity index (χ1v) is 3.20. The Labute approximate surface area is 59.4 Å². The lowest BCUT2D eigenvalue weighted by atomic mass is 10.2. The molecule has 1 heterocycles. The van der Waals surface area contributed by atoms with Crippen molar-refractivity contribution in [1.82, 2.24) is 0 Å². The molecule has 0 spiro atoms. The van der Waals surface area contributed by atoms with Crippen molar-refractivity contribution in [2.45, 2.75) is 13.0 Å². The molecule has 10 heavy (non-hydrogen) atoms. The van der Waals surface area contributed by atoms with Crippen molar-refractivity contribution in [3.63, 3.8) is 0 Å². The van der Waals surface area contributed by atoms with Gasteiger partial charge in [-0.1, -0.05) is 0 Å². The highest BCUT2D eigenvalue weighted by Crippen LogP contribution is 1.97. The highest BCUT2D eigenvalue weighted by Gasteiger charge is 2.14. The molecule has 1 aliphatic rings. The summed E-state index contributed by atoms with van der Waals surface area (Å²) in [4.78, 5) is 14.7. The van der Waals surface area contributed by atoms with Gasteiger partial charge in [-0.15, -0.1) is 0 Å². The van der Waals surface area contributed by atoms with E-state index in [-0.39, 0.29) is 5.78 Å². The summed E-state index contributed by atoms with van der Waals surface area (Å²) in [6, 6.07) is 0. The average Bonchev–Trinajstić information content (AvgIpc) is 1.94. The quantitative estimate of drug-likeness (QED) is 0.560. The lowest BCUT2D eigenvalue weighted by molar-refractivity contribution is -0.121. The van der Waals surface area contributed by atoms with Crippen LogP contribution >= 0.6 is 0 Å². The van der Waals surface area contributed by atoms with E-state index >= 15 is 0 Å². The van der Waals surface area contributed by atoms with E-state index in [4.69, 9.17) is 4.74 Å². The summed E-state index contributed by atoms with van der Waals surface area (Å²) in [6.45, 7) is 2.38. The molecule has 1 rings (SSSR count). The van der Waals surface area contributed by atoms with Crippen molar-refractivity contribution in [3.8, 4) is 0 Å². The maximum absolute atomic E-state index is 10.9. The van der Waals surface area contributed by atoms with Gasteiger partial charge in [-0.25, -0.2) is 0 Å². The molecule has 3 heteroatoms. The Morgan fingerprint density at radius 1 is 1.80 bits per heavy atom. The van der Waals surface area contributed by atoms with Crippen molar-refractivity contribution >= 4 is 12.0 Å². The van der Waals surface area contributed by atoms with Crippen LogP contribution in [0.25, 0.3) is 0 Å². The van der Waals surface area contributed by atoms with E-state index in [0.717, 1.165) is 0 Å². The Kier molecular flexibility index (Phi) is 2.34. The topological polar surface area (TPSA) is 38.7 Å². The lowest BCUT2D eigenvalue weighted by Gasteiger charge is -2.09.